The van der Waals surface area contributed by atoms with Crippen molar-refractivity contribution in [1.82, 2.24) is 19.7 Å². The molecule has 0 N–H and O–H groups in total. The summed E-state index contributed by atoms with van der Waals surface area (Å²) >= 11 is 4.93. The maximum atomic E-state index is 12.6. The van der Waals surface area contributed by atoms with Crippen molar-refractivity contribution in [2.24, 2.45) is 0 Å². The number of carbonyl (C=O) groups is 1. The van der Waals surface area contributed by atoms with Crippen LogP contribution in [0.1, 0.15) is 18.1 Å². The van der Waals surface area contributed by atoms with Gasteiger partial charge in [-0.3, -0.25) is 9.36 Å². The zero-order valence-electron chi connectivity index (χ0n) is 15.3. The lowest BCUT2D eigenvalue weighted by Gasteiger charge is -2.18. The third kappa shape index (κ3) is 4.78. The number of hydrogen-bond donors (Lipinski definition) is 0. The van der Waals surface area contributed by atoms with E-state index < -0.39 is 0 Å². The molecule has 7 heteroatoms. The Balaban J connectivity index is 1.66. The van der Waals surface area contributed by atoms with Crippen LogP contribution in [0.25, 0.3) is 5.69 Å². The van der Waals surface area contributed by atoms with Crippen molar-refractivity contribution < 1.29 is 4.79 Å². The van der Waals surface area contributed by atoms with Crippen LogP contribution in [-0.2, 0) is 17.8 Å². The van der Waals surface area contributed by atoms with E-state index in [2.05, 4.69) is 39.1 Å². The normalized spacial score (nSPS) is 10.8. The fraction of sp³-hybridized carbons (Fsp3) is 0.250. The van der Waals surface area contributed by atoms with Crippen LogP contribution in [0.4, 0.5) is 0 Å². The van der Waals surface area contributed by atoms with Gasteiger partial charge in [-0.2, -0.15) is 0 Å². The monoisotopic (exact) mass is 444 g/mol. The Morgan fingerprint density at radius 3 is 2.59 bits per heavy atom. The molecular weight excluding hydrogens is 424 g/mol. The molecule has 3 aromatic rings. The zero-order valence-corrected chi connectivity index (χ0v) is 17.7. The second kappa shape index (κ2) is 9.19. The van der Waals surface area contributed by atoms with E-state index in [4.69, 9.17) is 0 Å². The van der Waals surface area contributed by atoms with Gasteiger partial charge in [0.1, 0.15) is 6.33 Å². The van der Waals surface area contributed by atoms with E-state index in [1.807, 2.05) is 54.1 Å². The van der Waals surface area contributed by atoms with Gasteiger partial charge in [0.25, 0.3) is 0 Å². The summed E-state index contributed by atoms with van der Waals surface area (Å²) in [5.74, 6) is 0.364. The molecule has 0 aliphatic heterocycles. The van der Waals surface area contributed by atoms with Gasteiger partial charge in [-0.05, 0) is 29.7 Å². The number of aromatic nitrogens is 3. The van der Waals surface area contributed by atoms with Gasteiger partial charge in [-0.15, -0.1) is 10.2 Å². The molecule has 1 heterocycles. The molecule has 0 bridgehead atoms. The second-order valence-corrected chi connectivity index (χ2v) is 7.89. The van der Waals surface area contributed by atoms with Gasteiger partial charge in [0.2, 0.25) is 5.91 Å². The Morgan fingerprint density at radius 2 is 1.85 bits per heavy atom. The Kier molecular flexibility index (Phi) is 6.68. The summed E-state index contributed by atoms with van der Waals surface area (Å²) in [4.78, 5) is 14.3. The van der Waals surface area contributed by atoms with E-state index >= 15 is 0 Å². The van der Waals surface area contributed by atoms with Gasteiger partial charge in [0.05, 0.1) is 11.4 Å². The van der Waals surface area contributed by atoms with Crippen LogP contribution in [0, 0.1) is 0 Å². The molecule has 0 aliphatic rings. The summed E-state index contributed by atoms with van der Waals surface area (Å²) < 4.78 is 2.96. The molecule has 0 unspecified atom stereocenters. The number of thioether (sulfide) groups is 1. The summed E-state index contributed by atoms with van der Waals surface area (Å²) in [7, 11) is 1.82. The molecular formula is C20H21BrN4OS. The zero-order chi connectivity index (χ0) is 19.2. The molecule has 27 heavy (non-hydrogen) atoms. The van der Waals surface area contributed by atoms with Crippen LogP contribution in [0.5, 0.6) is 0 Å². The van der Waals surface area contributed by atoms with Crippen molar-refractivity contribution in [3.63, 3.8) is 0 Å². The van der Waals surface area contributed by atoms with Crippen LogP contribution in [0.3, 0.4) is 0 Å². The topological polar surface area (TPSA) is 51.0 Å². The number of halogens is 1. The van der Waals surface area contributed by atoms with Gasteiger partial charge in [-0.25, -0.2) is 0 Å². The fourth-order valence-corrected chi connectivity index (χ4v) is 4.01. The maximum absolute atomic E-state index is 12.6. The first-order valence-electron chi connectivity index (χ1n) is 8.68. The molecule has 0 saturated carbocycles. The number of carbonyl (C=O) groups excluding carboxylic acids is 1. The van der Waals surface area contributed by atoms with Gasteiger partial charge in [-0.1, -0.05) is 71.0 Å². The maximum Gasteiger partial charge on any atom is 0.233 e. The molecule has 1 aromatic heterocycles. The standard InChI is InChI=1S/C20H21BrN4OS/c1-3-15-8-5-7-11-18(15)25-14-22-23-20(25)27-13-19(26)24(2)12-16-9-4-6-10-17(16)21/h4-11,14H,3,12-13H2,1-2H3. The van der Waals surface area contributed by atoms with Crippen molar-refractivity contribution in [2.45, 2.75) is 25.0 Å². The Morgan fingerprint density at radius 1 is 1.15 bits per heavy atom. The molecule has 0 atom stereocenters. The quantitative estimate of drug-likeness (QED) is 0.508. The lowest BCUT2D eigenvalue weighted by atomic mass is 10.1. The lowest BCUT2D eigenvalue weighted by Crippen LogP contribution is -2.28. The van der Waals surface area contributed by atoms with E-state index in [9.17, 15) is 4.79 Å². The molecule has 0 radical (unpaired) electrons. The first-order valence-corrected chi connectivity index (χ1v) is 10.5. The van der Waals surface area contributed by atoms with Crippen molar-refractivity contribution in [2.75, 3.05) is 12.8 Å². The Bertz CT molecular complexity index is 928. The van der Waals surface area contributed by atoms with Gasteiger partial charge in [0, 0.05) is 18.1 Å². The van der Waals surface area contributed by atoms with E-state index in [-0.39, 0.29) is 5.91 Å². The average Bonchev–Trinajstić information content (AvgIpc) is 3.16. The first kappa shape index (κ1) is 19.6. The molecule has 0 spiro atoms. The summed E-state index contributed by atoms with van der Waals surface area (Å²) in [6, 6.07) is 16.1. The summed E-state index contributed by atoms with van der Waals surface area (Å²) in [6.45, 7) is 2.68. The molecule has 3 rings (SSSR count). The highest BCUT2D eigenvalue weighted by Crippen LogP contribution is 2.23. The highest BCUT2D eigenvalue weighted by molar-refractivity contribution is 9.10. The van der Waals surface area contributed by atoms with E-state index in [0.29, 0.717) is 12.3 Å². The predicted octanol–water partition coefficient (Wildman–Crippen LogP) is 4.34. The van der Waals surface area contributed by atoms with Crippen molar-refractivity contribution in [3.8, 4) is 5.69 Å². The van der Waals surface area contributed by atoms with Crippen LogP contribution in [0.2, 0.25) is 0 Å². The lowest BCUT2D eigenvalue weighted by molar-refractivity contribution is -0.127. The minimum atomic E-state index is 0.0501. The molecule has 140 valence electrons. The fourth-order valence-electron chi connectivity index (χ4n) is 2.74. The third-order valence-electron chi connectivity index (χ3n) is 4.26. The first-order chi connectivity index (χ1) is 13.1. The minimum absolute atomic E-state index is 0.0501. The van der Waals surface area contributed by atoms with Crippen LogP contribution < -0.4 is 0 Å². The van der Waals surface area contributed by atoms with Crippen LogP contribution in [-0.4, -0.2) is 38.4 Å². The summed E-state index contributed by atoms with van der Waals surface area (Å²) in [6.07, 6.45) is 2.62. The largest absolute Gasteiger partial charge is 0.341 e. The molecule has 0 saturated heterocycles. The van der Waals surface area contributed by atoms with Crippen LogP contribution in [0.15, 0.2) is 64.5 Å². The van der Waals surface area contributed by atoms with E-state index in [1.54, 1.807) is 11.2 Å². The second-order valence-electron chi connectivity index (χ2n) is 6.10. The Hall–Kier alpha value is -2.12. The number of benzene rings is 2. The number of hydrogen-bond acceptors (Lipinski definition) is 4. The highest BCUT2D eigenvalue weighted by atomic mass is 79.9. The van der Waals surface area contributed by atoms with Crippen molar-refractivity contribution in [1.29, 1.82) is 0 Å². The number of rotatable bonds is 7. The number of aryl methyl sites for hydroxylation is 1. The van der Waals surface area contributed by atoms with Crippen molar-refractivity contribution >= 4 is 33.6 Å². The predicted molar refractivity (Wildman–Crippen MR) is 112 cm³/mol. The molecule has 1 amide bonds. The number of nitrogens with zero attached hydrogens (tertiary/aromatic N) is 4. The van der Waals surface area contributed by atoms with E-state index in [0.717, 1.165) is 27.3 Å². The summed E-state index contributed by atoms with van der Waals surface area (Å²) in [5, 5.41) is 8.95. The highest BCUT2D eigenvalue weighted by Gasteiger charge is 2.15. The molecule has 0 fully saturated rings. The van der Waals surface area contributed by atoms with Gasteiger partial charge < -0.3 is 4.90 Å². The minimum Gasteiger partial charge on any atom is -0.341 e. The third-order valence-corrected chi connectivity index (χ3v) is 5.97. The SMILES string of the molecule is CCc1ccccc1-n1cnnc1SCC(=O)N(C)Cc1ccccc1Br. The molecule has 5 nitrogen and oxygen atoms in total. The average molecular weight is 445 g/mol. The molecule has 2 aromatic carbocycles. The van der Waals surface area contributed by atoms with Gasteiger partial charge >= 0.3 is 0 Å². The smallest absolute Gasteiger partial charge is 0.233 e. The Labute approximate surface area is 171 Å². The van der Waals surface area contributed by atoms with Gasteiger partial charge in [0.15, 0.2) is 5.16 Å². The van der Waals surface area contributed by atoms with Crippen LogP contribution >= 0.6 is 27.7 Å². The number of amides is 1. The van der Waals surface area contributed by atoms with E-state index in [1.165, 1.54) is 17.3 Å². The van der Waals surface area contributed by atoms with Crippen molar-refractivity contribution in [3.05, 3.63) is 70.5 Å². The summed E-state index contributed by atoms with van der Waals surface area (Å²) in [5.41, 5.74) is 3.36. The number of para-hydroxylation sites is 1. The molecule has 0 aliphatic carbocycles.